The van der Waals surface area contributed by atoms with Gasteiger partial charge in [0.1, 0.15) is 0 Å². The molecule has 0 aliphatic carbocycles. The molecular weight excluding hydrogens is 630 g/mol. The van der Waals surface area contributed by atoms with Crippen molar-refractivity contribution < 1.29 is 61.0 Å². The average molecular weight is 666 g/mol. The molecule has 2 aromatic rings. The first kappa shape index (κ1) is 38.6. The van der Waals surface area contributed by atoms with Crippen LogP contribution in [-0.2, 0) is 33.1 Å². The number of ether oxygens (including phenoxy) is 5. The van der Waals surface area contributed by atoms with E-state index in [-0.39, 0.29) is 30.8 Å². The van der Waals surface area contributed by atoms with Gasteiger partial charge < -0.3 is 0 Å². The molecule has 1 N–H and O–H groups in total. The molecule has 2 aromatic carbocycles. The van der Waals surface area contributed by atoms with E-state index in [0.717, 1.165) is 13.3 Å². The zero-order valence-corrected chi connectivity index (χ0v) is 26.5. The van der Waals surface area contributed by atoms with Gasteiger partial charge in [-0.1, -0.05) is 0 Å². The molecule has 10 nitrogen and oxygen atoms in total. The van der Waals surface area contributed by atoms with Crippen LogP contribution in [0.4, 0.5) is 13.2 Å². The number of carbonyl (C=O) groups excluding carboxylic acids is 3. The van der Waals surface area contributed by atoms with Crippen LogP contribution in [0.3, 0.4) is 0 Å². The zero-order valence-electron chi connectivity index (χ0n) is 25.4. The number of carbonyl (C=O) groups is 3. The van der Waals surface area contributed by atoms with Crippen molar-refractivity contribution in [2.75, 3.05) is 13.2 Å². The number of unbranched alkanes of at least 4 members (excludes halogenated alkanes) is 1. The predicted molar refractivity (Wildman–Crippen MR) is 166 cm³/mol. The predicted octanol–water partition coefficient (Wildman–Crippen LogP) is 4.40. The second kappa shape index (κ2) is 19.9. The Labute approximate surface area is 268 Å². The SMILES string of the molecule is C=C(O[C@H](O)[C@H](OC(C)=O)C(OC(=O)c1ccccc1)[C@@H](C[C@H](COC(=O)c1ccccc1)OCCCC)OB=BP)C(F)(F)F. The summed E-state index contributed by atoms with van der Waals surface area (Å²) in [5, 5.41) is 10.8. The van der Waals surface area contributed by atoms with Gasteiger partial charge in [-0.25, -0.2) is 0 Å². The number of esters is 3. The Kier molecular flexibility index (Phi) is 16.7. The first-order valence-electron chi connectivity index (χ1n) is 14.3. The molecule has 0 aliphatic rings. The van der Waals surface area contributed by atoms with E-state index in [1.807, 2.05) is 6.92 Å². The van der Waals surface area contributed by atoms with Gasteiger partial charge in [0.2, 0.25) is 0 Å². The molecule has 2 unspecified atom stereocenters. The number of rotatable bonds is 19. The number of aliphatic hydroxyl groups excluding tert-OH is 1. The van der Waals surface area contributed by atoms with Gasteiger partial charge in [-0.05, 0) is 0 Å². The van der Waals surface area contributed by atoms with Crippen LogP contribution < -0.4 is 0 Å². The van der Waals surface area contributed by atoms with Crippen molar-refractivity contribution in [1.82, 2.24) is 0 Å². The van der Waals surface area contributed by atoms with Gasteiger partial charge in [0.15, 0.2) is 0 Å². The molecule has 0 spiro atoms. The third-order valence-electron chi connectivity index (χ3n) is 6.19. The van der Waals surface area contributed by atoms with Crippen LogP contribution in [0.5, 0.6) is 0 Å². The Morgan fingerprint density at radius 3 is 2.04 bits per heavy atom. The minimum absolute atomic E-state index is 0.0389. The summed E-state index contributed by atoms with van der Waals surface area (Å²) < 4.78 is 72.5. The fourth-order valence-corrected chi connectivity index (χ4v) is 4.05. The standard InChI is InChI=1S/C30H36B2F3O10P/c1-4-5-16-40-23(18-41-27(37)21-12-8-6-9-13-21)17-24(45-31-32-46)25(44-28(38)22-14-10-7-11-15-22)26(43-20(3)36)29(39)42-19(2)30(33,34)35/h6-15,23-26,29,39H,2,4-5,16-18,46H2,1,3H3/t23-,24-,25?,26-,29+/m1/s1. The summed E-state index contributed by atoms with van der Waals surface area (Å²) in [7, 11) is 3.42. The quantitative estimate of drug-likeness (QED) is 0.0439. The second-order valence-corrected chi connectivity index (χ2v) is 10.2. The molecule has 46 heavy (non-hydrogen) atoms. The van der Waals surface area contributed by atoms with Crippen molar-refractivity contribution in [2.45, 2.75) is 70.0 Å². The van der Waals surface area contributed by atoms with E-state index in [1.165, 1.54) is 25.7 Å². The van der Waals surface area contributed by atoms with E-state index < -0.39 is 60.5 Å². The molecule has 0 heterocycles. The summed E-state index contributed by atoms with van der Waals surface area (Å²) in [6.45, 7) is 6.97. The molecule has 0 amide bonds. The number of hydrogen-bond acceptors (Lipinski definition) is 10. The van der Waals surface area contributed by atoms with Crippen LogP contribution in [0, 0.1) is 0 Å². The van der Waals surface area contributed by atoms with E-state index in [9.17, 15) is 32.7 Å². The normalized spacial score (nSPS) is 14.4. The van der Waals surface area contributed by atoms with Gasteiger partial charge in [-0.3, -0.25) is 0 Å². The Hall–Kier alpha value is -3.54. The van der Waals surface area contributed by atoms with Crippen LogP contribution in [0.25, 0.3) is 0 Å². The van der Waals surface area contributed by atoms with Crippen molar-refractivity contribution in [2.24, 2.45) is 0 Å². The molecule has 248 valence electrons. The van der Waals surface area contributed by atoms with Crippen LogP contribution >= 0.6 is 9.12 Å². The number of halogens is 3. The molecule has 0 saturated carbocycles. The minimum atomic E-state index is -5.07. The van der Waals surface area contributed by atoms with Gasteiger partial charge in [-0.2, -0.15) is 0 Å². The molecule has 0 radical (unpaired) electrons. The third-order valence-corrected chi connectivity index (χ3v) is 6.35. The topological polar surface area (TPSA) is 127 Å². The zero-order chi connectivity index (χ0) is 34.1. The van der Waals surface area contributed by atoms with E-state index in [4.69, 9.17) is 23.6 Å². The molecule has 0 fully saturated rings. The first-order chi connectivity index (χ1) is 21.9. The number of benzene rings is 2. The van der Waals surface area contributed by atoms with Gasteiger partial charge in [0, 0.05) is 0 Å². The monoisotopic (exact) mass is 666 g/mol. The van der Waals surface area contributed by atoms with Gasteiger partial charge in [-0.15, -0.1) is 0 Å². The van der Waals surface area contributed by atoms with Crippen LogP contribution in [0.2, 0.25) is 0 Å². The van der Waals surface area contributed by atoms with Gasteiger partial charge in [0.25, 0.3) is 0 Å². The van der Waals surface area contributed by atoms with Crippen molar-refractivity contribution >= 4 is 40.6 Å². The number of aliphatic hydroxyl groups is 1. The molecule has 6 atom stereocenters. The summed E-state index contributed by atoms with van der Waals surface area (Å²) in [5.74, 6) is -4.46. The summed E-state index contributed by atoms with van der Waals surface area (Å²) >= 11 is 0. The Morgan fingerprint density at radius 2 is 1.52 bits per heavy atom. The number of hydrogen-bond donors (Lipinski definition) is 1. The number of alkyl halides is 3. The summed E-state index contributed by atoms with van der Waals surface area (Å²) in [6.07, 6.45) is -12.6. The summed E-state index contributed by atoms with van der Waals surface area (Å²) in [5.41, 5.74) is 0.320. The molecule has 0 bridgehead atoms. The van der Waals surface area contributed by atoms with E-state index in [1.54, 1.807) is 48.5 Å². The Bertz CT molecular complexity index is 1280. The maximum atomic E-state index is 13.3. The fraction of sp³-hybridized carbons (Fsp3) is 0.433. The van der Waals surface area contributed by atoms with Gasteiger partial charge in [0.05, 0.1) is 0 Å². The van der Waals surface area contributed by atoms with Crippen LogP contribution in [0.1, 0.15) is 53.8 Å². The van der Waals surface area contributed by atoms with Gasteiger partial charge >= 0.3 is 269 Å². The molecular formula is C30H36B2F3O10P. The molecule has 2 rings (SSSR count). The van der Waals surface area contributed by atoms with E-state index in [2.05, 4.69) is 20.4 Å². The average Bonchev–Trinajstić information content (AvgIpc) is 3.03. The van der Waals surface area contributed by atoms with Crippen molar-refractivity contribution in [3.05, 3.63) is 84.1 Å². The van der Waals surface area contributed by atoms with Crippen molar-refractivity contribution in [3.8, 4) is 0 Å². The van der Waals surface area contributed by atoms with Crippen LogP contribution in [-0.4, -0.2) is 86.6 Å². The second-order valence-electron chi connectivity index (χ2n) is 9.79. The molecule has 16 heteroatoms. The van der Waals surface area contributed by atoms with E-state index in [0.29, 0.717) is 6.42 Å². The molecule has 0 aliphatic heterocycles. The maximum absolute atomic E-state index is 13.3. The van der Waals surface area contributed by atoms with Crippen molar-refractivity contribution in [3.63, 3.8) is 0 Å². The fourth-order valence-electron chi connectivity index (χ4n) is 3.96. The Balaban J connectivity index is 2.52. The third kappa shape index (κ3) is 13.4. The van der Waals surface area contributed by atoms with Crippen molar-refractivity contribution in [1.29, 1.82) is 0 Å². The first-order valence-corrected chi connectivity index (χ1v) is 14.9. The van der Waals surface area contributed by atoms with Crippen LogP contribution in [0.15, 0.2) is 73.0 Å². The van der Waals surface area contributed by atoms with E-state index >= 15 is 0 Å². The number of allylic oxidation sites excluding steroid dienone is 1. The summed E-state index contributed by atoms with van der Waals surface area (Å²) in [4.78, 5) is 38.0. The molecule has 0 aromatic heterocycles. The molecule has 0 saturated heterocycles. The summed E-state index contributed by atoms with van der Waals surface area (Å²) in [6, 6.07) is 15.7. The Morgan fingerprint density at radius 1 is 0.935 bits per heavy atom.